The second-order valence-electron chi connectivity index (χ2n) is 13.4. The number of phenolic OH excluding ortho intramolecular Hbond substituents is 1. The Bertz CT molecular complexity index is 1530. The SMILES string of the molecule is C#COC1CCC2(C(=O)N2CCCCCCN2C(=O)C23CCC(OCCOc2ccccc2)CC3C(=O)O)C(C(=O)O)C1.Oc1ccccc1. The van der Waals surface area contributed by atoms with Crippen LogP contribution in [-0.4, -0.2) is 98.5 Å². The number of rotatable bonds is 15. The van der Waals surface area contributed by atoms with Crippen LogP contribution in [0.5, 0.6) is 11.5 Å². The summed E-state index contributed by atoms with van der Waals surface area (Å²) in [6.07, 6.45) is 12.4. The lowest BCUT2D eigenvalue weighted by Gasteiger charge is -2.33. The van der Waals surface area contributed by atoms with Crippen LogP contribution in [0.4, 0.5) is 0 Å². The van der Waals surface area contributed by atoms with E-state index in [1.54, 1.807) is 34.1 Å². The number of carboxylic acid groups (broad SMARTS) is 2. The Kier molecular flexibility index (Phi) is 11.9. The summed E-state index contributed by atoms with van der Waals surface area (Å²) in [5.74, 6) is -2.74. The minimum absolute atomic E-state index is 0.0912. The van der Waals surface area contributed by atoms with Crippen LogP contribution in [0.1, 0.15) is 64.2 Å². The minimum atomic E-state index is -1.00. The standard InChI is InChI=1S/C32H40N2O9.C6H6O/c1-2-41-23-12-14-31(25(20-23)27(35)36)29(39)33(31)16-8-3-4-9-17-34-30(40)32(34)15-13-24(21-26(32)28(37)38)43-19-18-42-22-10-6-5-7-11-22;7-6-4-2-1-3-5-6/h1,5-7,10-11,23-26H,3-4,8-9,12-21H2,(H,35,36)(H,37,38);1-5,7H. The molecule has 50 heavy (non-hydrogen) atoms. The summed E-state index contributed by atoms with van der Waals surface area (Å²) in [6.45, 7) is 1.71. The number of unbranched alkanes of at least 4 members (excludes halogenated alkanes) is 3. The number of benzene rings is 2. The smallest absolute Gasteiger partial charge is 0.309 e. The van der Waals surface area contributed by atoms with E-state index in [-0.39, 0.29) is 30.4 Å². The molecule has 2 amide bonds. The fourth-order valence-electron chi connectivity index (χ4n) is 7.84. The molecule has 2 aliphatic carbocycles. The first kappa shape index (κ1) is 36.5. The lowest BCUT2D eigenvalue weighted by molar-refractivity contribution is -0.148. The lowest BCUT2D eigenvalue weighted by Crippen LogP contribution is -2.43. The zero-order valence-corrected chi connectivity index (χ0v) is 28.2. The molecule has 0 aromatic heterocycles. The number of phenols is 1. The Hall–Kier alpha value is -4.76. The molecule has 3 N–H and O–H groups in total. The molecule has 2 saturated carbocycles. The Morgan fingerprint density at radius 3 is 1.74 bits per heavy atom. The molecule has 4 aliphatic rings. The van der Waals surface area contributed by atoms with E-state index < -0.39 is 34.9 Å². The number of hydrogen-bond donors (Lipinski definition) is 3. The predicted octanol–water partition coefficient (Wildman–Crippen LogP) is 4.31. The molecular weight excluding hydrogens is 644 g/mol. The van der Waals surface area contributed by atoms with Gasteiger partial charge >= 0.3 is 11.9 Å². The molecular formula is C38H46N2O10. The number of carboxylic acids is 2. The molecule has 12 nitrogen and oxygen atoms in total. The van der Waals surface area contributed by atoms with Gasteiger partial charge in [-0.2, -0.15) is 0 Å². The van der Waals surface area contributed by atoms with Crippen molar-refractivity contribution in [3.63, 3.8) is 0 Å². The van der Waals surface area contributed by atoms with Crippen molar-refractivity contribution < 1.29 is 48.7 Å². The number of nitrogens with zero attached hydrogens (tertiary/aromatic N) is 2. The average Bonchev–Trinajstić information content (AvgIpc) is 3.89. The molecule has 268 valence electrons. The first-order valence-electron chi connectivity index (χ1n) is 17.4. The number of para-hydroxylation sites is 2. The molecule has 6 unspecified atom stereocenters. The van der Waals surface area contributed by atoms with Gasteiger partial charge < -0.3 is 39.3 Å². The molecule has 2 aromatic rings. The van der Waals surface area contributed by atoms with Crippen molar-refractivity contribution in [2.24, 2.45) is 11.8 Å². The predicted molar refractivity (Wildman–Crippen MR) is 181 cm³/mol. The molecule has 0 bridgehead atoms. The second kappa shape index (κ2) is 16.3. The van der Waals surface area contributed by atoms with E-state index in [0.717, 1.165) is 31.4 Å². The first-order chi connectivity index (χ1) is 24.1. The van der Waals surface area contributed by atoms with E-state index >= 15 is 0 Å². The van der Waals surface area contributed by atoms with Crippen molar-refractivity contribution in [3.05, 3.63) is 60.7 Å². The van der Waals surface area contributed by atoms with E-state index in [9.17, 15) is 29.4 Å². The number of carbonyl (C=O) groups is 4. The number of terminal acetylenes is 1. The summed E-state index contributed by atoms with van der Waals surface area (Å²) >= 11 is 0. The van der Waals surface area contributed by atoms with Crippen molar-refractivity contribution in [2.45, 2.75) is 87.5 Å². The van der Waals surface area contributed by atoms with Gasteiger partial charge in [0.05, 0.1) is 24.5 Å². The quantitative estimate of drug-likeness (QED) is 0.140. The van der Waals surface area contributed by atoms with Gasteiger partial charge in [0, 0.05) is 19.5 Å². The highest BCUT2D eigenvalue weighted by atomic mass is 16.5. The first-order valence-corrected chi connectivity index (χ1v) is 17.4. The molecule has 2 saturated heterocycles. The van der Waals surface area contributed by atoms with Gasteiger partial charge in [-0.15, -0.1) is 0 Å². The fourth-order valence-corrected chi connectivity index (χ4v) is 7.84. The van der Waals surface area contributed by atoms with Crippen LogP contribution in [0.3, 0.4) is 0 Å². The van der Waals surface area contributed by atoms with Gasteiger partial charge in [0.15, 0.2) is 0 Å². The number of aromatic hydroxyl groups is 1. The zero-order valence-electron chi connectivity index (χ0n) is 28.2. The number of ether oxygens (including phenoxy) is 3. The normalized spacial score (nSPS) is 28.0. The number of aliphatic carboxylic acids is 2. The van der Waals surface area contributed by atoms with Gasteiger partial charge in [0.25, 0.3) is 0 Å². The van der Waals surface area contributed by atoms with Crippen LogP contribution in [0.15, 0.2) is 60.7 Å². The van der Waals surface area contributed by atoms with Crippen molar-refractivity contribution >= 4 is 23.8 Å². The molecule has 4 fully saturated rings. The third-order valence-corrected chi connectivity index (χ3v) is 10.5. The number of amides is 2. The summed E-state index contributed by atoms with van der Waals surface area (Å²) in [6, 6.07) is 18.1. The molecule has 12 heteroatoms. The van der Waals surface area contributed by atoms with Crippen LogP contribution >= 0.6 is 0 Å². The molecule has 2 aromatic carbocycles. The van der Waals surface area contributed by atoms with E-state index in [2.05, 4.69) is 6.11 Å². The minimum Gasteiger partial charge on any atom is -0.508 e. The number of hydrogen-bond acceptors (Lipinski definition) is 8. The highest BCUT2D eigenvalue weighted by Crippen LogP contribution is 2.52. The summed E-state index contributed by atoms with van der Waals surface area (Å²) in [4.78, 5) is 53.1. The Balaban J connectivity index is 0.000000619. The second-order valence-corrected chi connectivity index (χ2v) is 13.4. The molecule has 2 aliphatic heterocycles. The summed E-state index contributed by atoms with van der Waals surface area (Å²) < 4.78 is 16.7. The Labute approximate surface area is 292 Å². The topological polar surface area (TPSA) is 163 Å². The van der Waals surface area contributed by atoms with Gasteiger partial charge in [0.1, 0.15) is 41.4 Å². The van der Waals surface area contributed by atoms with E-state index in [0.29, 0.717) is 64.2 Å². The van der Waals surface area contributed by atoms with Crippen LogP contribution in [0.25, 0.3) is 0 Å². The Morgan fingerprint density at radius 1 is 0.760 bits per heavy atom. The van der Waals surface area contributed by atoms with Crippen LogP contribution in [-0.2, 0) is 28.7 Å². The highest BCUT2D eigenvalue weighted by molar-refractivity contribution is 6.06. The molecule has 6 rings (SSSR count). The van der Waals surface area contributed by atoms with Gasteiger partial charge in [-0.1, -0.05) is 55.7 Å². The van der Waals surface area contributed by atoms with Crippen LogP contribution in [0.2, 0.25) is 0 Å². The highest BCUT2D eigenvalue weighted by Gasteiger charge is 2.70. The van der Waals surface area contributed by atoms with Crippen molar-refractivity contribution in [1.82, 2.24) is 9.80 Å². The van der Waals surface area contributed by atoms with Crippen molar-refractivity contribution in [3.8, 4) is 24.0 Å². The molecule has 6 atom stereocenters. The van der Waals surface area contributed by atoms with Gasteiger partial charge in [0.2, 0.25) is 11.8 Å². The molecule has 0 radical (unpaired) electrons. The van der Waals surface area contributed by atoms with Crippen LogP contribution < -0.4 is 4.74 Å². The summed E-state index contributed by atoms with van der Waals surface area (Å²) in [7, 11) is 0. The van der Waals surface area contributed by atoms with Gasteiger partial charge in [-0.05, 0) is 69.2 Å². The Morgan fingerprint density at radius 2 is 1.26 bits per heavy atom. The fraction of sp³-hybridized carbons (Fsp3) is 0.526. The van der Waals surface area contributed by atoms with Gasteiger partial charge in [-0.3, -0.25) is 19.2 Å². The van der Waals surface area contributed by atoms with E-state index in [1.807, 2.05) is 36.4 Å². The molecule has 2 spiro atoms. The maximum atomic E-state index is 12.9. The van der Waals surface area contributed by atoms with Crippen molar-refractivity contribution in [1.29, 1.82) is 0 Å². The third-order valence-electron chi connectivity index (χ3n) is 10.5. The summed E-state index contributed by atoms with van der Waals surface area (Å²) in [5.41, 5.74) is -1.87. The largest absolute Gasteiger partial charge is 0.508 e. The average molecular weight is 691 g/mol. The monoisotopic (exact) mass is 690 g/mol. The maximum absolute atomic E-state index is 12.9. The van der Waals surface area contributed by atoms with Crippen LogP contribution in [0, 0.1) is 24.4 Å². The summed E-state index contributed by atoms with van der Waals surface area (Å²) in [5, 5.41) is 28.3. The van der Waals surface area contributed by atoms with E-state index in [1.165, 1.54) is 0 Å². The lowest BCUT2D eigenvalue weighted by atomic mass is 9.76. The van der Waals surface area contributed by atoms with E-state index in [4.69, 9.17) is 25.7 Å². The van der Waals surface area contributed by atoms with Gasteiger partial charge in [-0.25, -0.2) is 0 Å². The zero-order chi connectivity index (χ0) is 35.7. The van der Waals surface area contributed by atoms with Crippen molar-refractivity contribution in [2.75, 3.05) is 26.3 Å². The molecule has 2 heterocycles. The third kappa shape index (κ3) is 7.99. The number of carbonyl (C=O) groups excluding carboxylic acids is 2. The maximum Gasteiger partial charge on any atom is 0.309 e.